The summed E-state index contributed by atoms with van der Waals surface area (Å²) in [5.74, 6) is 0.846. The lowest BCUT2D eigenvalue weighted by Crippen LogP contribution is -2.32. The van der Waals surface area contributed by atoms with Crippen molar-refractivity contribution in [1.29, 1.82) is 0 Å². The molecule has 1 N–H and O–H groups in total. The standard InChI is InChI=1S/C13H24N2O2S/c1-13(2,3)18-10-11(16)14-7-5-9-15-8-4-6-12(15)17/h4-10H2,1-3H3,(H,14,16). The van der Waals surface area contributed by atoms with E-state index in [0.29, 0.717) is 18.7 Å². The predicted octanol–water partition coefficient (Wildman–Crippen LogP) is 1.65. The smallest absolute Gasteiger partial charge is 0.230 e. The molecule has 5 heteroatoms. The van der Waals surface area contributed by atoms with Crippen molar-refractivity contribution >= 4 is 23.6 Å². The maximum Gasteiger partial charge on any atom is 0.230 e. The van der Waals surface area contributed by atoms with E-state index in [4.69, 9.17) is 0 Å². The summed E-state index contributed by atoms with van der Waals surface area (Å²) in [7, 11) is 0. The molecule has 2 amide bonds. The largest absolute Gasteiger partial charge is 0.355 e. The van der Waals surface area contributed by atoms with Crippen molar-refractivity contribution in [2.75, 3.05) is 25.4 Å². The van der Waals surface area contributed by atoms with E-state index in [1.807, 2.05) is 4.90 Å². The molecule has 1 fully saturated rings. The number of hydrogen-bond acceptors (Lipinski definition) is 3. The third kappa shape index (κ3) is 6.28. The van der Waals surface area contributed by atoms with Crippen molar-refractivity contribution in [2.24, 2.45) is 0 Å². The van der Waals surface area contributed by atoms with Crippen LogP contribution in [0.25, 0.3) is 0 Å². The summed E-state index contributed by atoms with van der Waals surface area (Å²) in [6.07, 6.45) is 2.51. The van der Waals surface area contributed by atoms with Crippen LogP contribution in [0.4, 0.5) is 0 Å². The Kier molecular flexibility index (Phi) is 5.99. The number of likely N-dealkylation sites (tertiary alicyclic amines) is 1. The molecule has 104 valence electrons. The van der Waals surface area contributed by atoms with E-state index in [-0.39, 0.29) is 16.6 Å². The fourth-order valence-corrected chi connectivity index (χ4v) is 2.44. The van der Waals surface area contributed by atoms with Crippen LogP contribution in [0.5, 0.6) is 0 Å². The molecule has 0 unspecified atom stereocenters. The Morgan fingerprint density at radius 3 is 2.72 bits per heavy atom. The molecular weight excluding hydrogens is 248 g/mol. The first kappa shape index (κ1) is 15.3. The minimum absolute atomic E-state index is 0.0858. The first-order valence-corrected chi connectivity index (χ1v) is 7.55. The fourth-order valence-electron chi connectivity index (χ4n) is 1.77. The Balaban J connectivity index is 2.03. The molecule has 0 aromatic rings. The zero-order valence-corrected chi connectivity index (χ0v) is 12.4. The van der Waals surface area contributed by atoms with Crippen LogP contribution in [-0.4, -0.2) is 46.8 Å². The van der Waals surface area contributed by atoms with E-state index < -0.39 is 0 Å². The maximum absolute atomic E-state index is 11.5. The van der Waals surface area contributed by atoms with Crippen LogP contribution < -0.4 is 5.32 Å². The third-order valence-electron chi connectivity index (χ3n) is 2.73. The van der Waals surface area contributed by atoms with Gasteiger partial charge < -0.3 is 10.2 Å². The molecule has 1 heterocycles. The van der Waals surface area contributed by atoms with Crippen LogP contribution in [0.15, 0.2) is 0 Å². The Hall–Kier alpha value is -0.710. The quantitative estimate of drug-likeness (QED) is 0.748. The molecule has 0 atom stereocenters. The van der Waals surface area contributed by atoms with Gasteiger partial charge in [-0.1, -0.05) is 20.8 Å². The zero-order chi connectivity index (χ0) is 13.6. The fraction of sp³-hybridized carbons (Fsp3) is 0.846. The lowest BCUT2D eigenvalue weighted by atomic mass is 10.3. The number of rotatable bonds is 6. The second-order valence-corrected chi connectivity index (χ2v) is 7.39. The average Bonchev–Trinajstić information content (AvgIpc) is 2.67. The highest BCUT2D eigenvalue weighted by atomic mass is 32.2. The molecule has 18 heavy (non-hydrogen) atoms. The summed E-state index contributed by atoms with van der Waals surface area (Å²) in [5.41, 5.74) is 0. The summed E-state index contributed by atoms with van der Waals surface area (Å²) in [4.78, 5) is 24.8. The maximum atomic E-state index is 11.5. The van der Waals surface area contributed by atoms with Gasteiger partial charge in [0, 0.05) is 30.8 Å². The second kappa shape index (κ2) is 7.02. The molecule has 4 nitrogen and oxygen atoms in total. The lowest BCUT2D eigenvalue weighted by molar-refractivity contribution is -0.127. The molecular formula is C13H24N2O2S. The molecule has 0 bridgehead atoms. The summed E-state index contributed by atoms with van der Waals surface area (Å²) in [6.45, 7) is 8.61. The molecule has 0 radical (unpaired) electrons. The van der Waals surface area contributed by atoms with Gasteiger partial charge in [-0.25, -0.2) is 0 Å². The molecule has 1 aliphatic rings. The van der Waals surface area contributed by atoms with Crippen LogP contribution in [0.2, 0.25) is 0 Å². The monoisotopic (exact) mass is 272 g/mol. The Labute approximate surface area is 114 Å². The van der Waals surface area contributed by atoms with Gasteiger partial charge in [-0.15, -0.1) is 11.8 Å². The molecule has 0 aliphatic carbocycles. The van der Waals surface area contributed by atoms with Crippen LogP contribution in [0.1, 0.15) is 40.0 Å². The van der Waals surface area contributed by atoms with Crippen molar-refractivity contribution in [3.05, 3.63) is 0 Å². The minimum Gasteiger partial charge on any atom is -0.355 e. The van der Waals surface area contributed by atoms with E-state index >= 15 is 0 Å². The van der Waals surface area contributed by atoms with Crippen LogP contribution in [0, 0.1) is 0 Å². The first-order chi connectivity index (χ1) is 8.38. The normalized spacial score (nSPS) is 16.2. The van der Waals surface area contributed by atoms with Gasteiger partial charge in [0.25, 0.3) is 0 Å². The number of carbonyl (C=O) groups is 2. The topological polar surface area (TPSA) is 49.4 Å². The number of hydrogen-bond donors (Lipinski definition) is 1. The summed E-state index contributed by atoms with van der Waals surface area (Å²) >= 11 is 1.65. The van der Waals surface area contributed by atoms with Gasteiger partial charge in [-0.2, -0.15) is 0 Å². The number of thioether (sulfide) groups is 1. The lowest BCUT2D eigenvalue weighted by Gasteiger charge is -2.17. The van der Waals surface area contributed by atoms with Crippen molar-refractivity contribution in [1.82, 2.24) is 10.2 Å². The summed E-state index contributed by atoms with van der Waals surface area (Å²) in [6, 6.07) is 0. The number of nitrogens with zero attached hydrogens (tertiary/aromatic N) is 1. The van der Waals surface area contributed by atoms with Crippen LogP contribution in [0.3, 0.4) is 0 Å². The van der Waals surface area contributed by atoms with Crippen molar-refractivity contribution in [2.45, 2.75) is 44.8 Å². The highest BCUT2D eigenvalue weighted by Gasteiger charge is 2.19. The van der Waals surface area contributed by atoms with E-state index in [1.165, 1.54) is 0 Å². The Morgan fingerprint density at radius 2 is 2.17 bits per heavy atom. The van der Waals surface area contributed by atoms with E-state index in [9.17, 15) is 9.59 Å². The van der Waals surface area contributed by atoms with Gasteiger partial charge in [0.15, 0.2) is 0 Å². The SMILES string of the molecule is CC(C)(C)SCC(=O)NCCCN1CCCC1=O. The highest BCUT2D eigenvalue weighted by Crippen LogP contribution is 2.22. The van der Waals surface area contributed by atoms with Gasteiger partial charge in [-0.3, -0.25) is 9.59 Å². The minimum atomic E-state index is 0.0858. The average molecular weight is 272 g/mol. The number of carbonyl (C=O) groups excluding carboxylic acids is 2. The molecule has 0 spiro atoms. The van der Waals surface area contributed by atoms with E-state index in [1.54, 1.807) is 11.8 Å². The van der Waals surface area contributed by atoms with Gasteiger partial charge in [0.05, 0.1) is 5.75 Å². The summed E-state index contributed by atoms with van der Waals surface area (Å²) < 4.78 is 0.124. The molecule has 0 aromatic carbocycles. The number of amides is 2. The summed E-state index contributed by atoms with van der Waals surface area (Å²) in [5, 5.41) is 2.90. The molecule has 1 aliphatic heterocycles. The third-order valence-corrected chi connectivity index (χ3v) is 4.01. The van der Waals surface area contributed by atoms with Crippen molar-refractivity contribution < 1.29 is 9.59 Å². The van der Waals surface area contributed by atoms with Crippen molar-refractivity contribution in [3.8, 4) is 0 Å². The number of nitrogens with one attached hydrogen (secondary N) is 1. The first-order valence-electron chi connectivity index (χ1n) is 6.57. The van der Waals surface area contributed by atoms with Crippen molar-refractivity contribution in [3.63, 3.8) is 0 Å². The van der Waals surface area contributed by atoms with E-state index in [0.717, 1.165) is 25.9 Å². The van der Waals surface area contributed by atoms with Gasteiger partial charge >= 0.3 is 0 Å². The zero-order valence-electron chi connectivity index (χ0n) is 11.6. The second-order valence-electron chi connectivity index (χ2n) is 5.59. The van der Waals surface area contributed by atoms with Gasteiger partial charge in [0.2, 0.25) is 11.8 Å². The Morgan fingerprint density at radius 1 is 1.44 bits per heavy atom. The molecule has 0 saturated carbocycles. The van der Waals surface area contributed by atoms with Gasteiger partial charge in [-0.05, 0) is 12.8 Å². The molecule has 1 rings (SSSR count). The highest BCUT2D eigenvalue weighted by molar-refractivity contribution is 8.01. The van der Waals surface area contributed by atoms with Crippen LogP contribution in [-0.2, 0) is 9.59 Å². The van der Waals surface area contributed by atoms with Crippen LogP contribution >= 0.6 is 11.8 Å². The van der Waals surface area contributed by atoms with Gasteiger partial charge in [0.1, 0.15) is 0 Å². The molecule has 0 aromatic heterocycles. The Bertz CT molecular complexity index is 300. The van der Waals surface area contributed by atoms with E-state index in [2.05, 4.69) is 26.1 Å². The predicted molar refractivity (Wildman–Crippen MR) is 75.7 cm³/mol. The molecule has 1 saturated heterocycles.